The van der Waals surface area contributed by atoms with Crippen LogP contribution in [-0.4, -0.2) is 53.0 Å². The normalized spacial score (nSPS) is 12.8. The summed E-state index contributed by atoms with van der Waals surface area (Å²) in [6, 6.07) is 15.7. The Hall–Kier alpha value is -6.37. The fraction of sp³-hybridized carbons (Fsp3) is 0.275. The van der Waals surface area contributed by atoms with Crippen LogP contribution in [-0.2, 0) is 52.7 Å². The van der Waals surface area contributed by atoms with E-state index in [0.717, 1.165) is 39.1 Å². The highest BCUT2D eigenvalue weighted by molar-refractivity contribution is 5.99. The number of nitrogens with zero attached hydrogens (tertiary/aromatic N) is 1. The third kappa shape index (κ3) is 10.6. The quantitative estimate of drug-likeness (QED) is 0.115. The summed E-state index contributed by atoms with van der Waals surface area (Å²) in [6.07, 6.45) is 7.53. The van der Waals surface area contributed by atoms with E-state index >= 15 is 0 Å². The average molecular weight is 724 g/mol. The van der Waals surface area contributed by atoms with Crippen LogP contribution in [0.3, 0.4) is 0 Å². The molecule has 0 fully saturated rings. The minimum Gasteiger partial charge on any atom is -0.478 e. The highest BCUT2D eigenvalue weighted by Gasteiger charge is 2.22. The summed E-state index contributed by atoms with van der Waals surface area (Å²) in [5.74, 6) is -1.58. The molecule has 0 atom stereocenters. The molecule has 13 heteroatoms. The van der Waals surface area contributed by atoms with E-state index in [1.54, 1.807) is 51.1 Å². The molecular weight excluding hydrogens is 682 g/mol. The molecule has 0 saturated heterocycles. The lowest BCUT2D eigenvalue weighted by Gasteiger charge is -2.05. The Labute approximate surface area is 306 Å². The van der Waals surface area contributed by atoms with Crippen molar-refractivity contribution in [3.05, 3.63) is 115 Å². The summed E-state index contributed by atoms with van der Waals surface area (Å²) in [6.45, 7) is 7.83. The Bertz CT molecular complexity index is 2040. The van der Waals surface area contributed by atoms with E-state index in [-0.39, 0.29) is 29.4 Å². The van der Waals surface area contributed by atoms with E-state index in [4.69, 9.17) is 14.6 Å². The molecule has 0 heterocycles. The van der Waals surface area contributed by atoms with Gasteiger partial charge < -0.3 is 25.2 Å². The molecule has 0 aliphatic heterocycles. The number of anilines is 2. The van der Waals surface area contributed by atoms with Gasteiger partial charge in [0.1, 0.15) is 0 Å². The molecule has 13 nitrogen and oxygen atoms in total. The molecule has 0 unspecified atom stereocenters. The van der Waals surface area contributed by atoms with Gasteiger partial charge in [-0.3, -0.25) is 19.7 Å². The van der Waals surface area contributed by atoms with Crippen molar-refractivity contribution in [2.45, 2.75) is 59.8 Å². The highest BCUT2D eigenvalue weighted by atomic mass is 16.6. The number of ether oxygens (including phenoxy) is 2. The van der Waals surface area contributed by atoms with E-state index < -0.39 is 10.9 Å². The standard InChI is InChI=1S/C15H17NO3.C13H13NO3.C12H11NO4/c1-3-14(17)16-13-6-5-10-7-12(8-11(10)9-13)15(18)19-4-2;1-2-12(15)14-11-4-3-8-5-10(13(16)17)6-9(8)7-11;1-2-17-12(14)10-5-8-3-4-11(13(15)16)7-9(8)6-10/h5-6,8-9H,3-4,7H2,1-2H3,(H,16,17);3-4,6-7H,2,5H2,1H3,(H,14,15)(H,16,17);3-4,6-7H,2,5H2,1H3. The van der Waals surface area contributed by atoms with Crippen LogP contribution in [0.4, 0.5) is 17.1 Å². The van der Waals surface area contributed by atoms with Gasteiger partial charge in [-0.25, -0.2) is 14.4 Å². The average Bonchev–Trinajstić information content (AvgIpc) is 3.88. The van der Waals surface area contributed by atoms with Crippen molar-refractivity contribution in [1.29, 1.82) is 0 Å². The van der Waals surface area contributed by atoms with E-state index in [2.05, 4.69) is 10.6 Å². The van der Waals surface area contributed by atoms with Crippen molar-refractivity contribution in [2.75, 3.05) is 23.8 Å². The van der Waals surface area contributed by atoms with Crippen molar-refractivity contribution >= 4 is 65.0 Å². The van der Waals surface area contributed by atoms with E-state index in [9.17, 15) is 34.1 Å². The Balaban J connectivity index is 0.000000178. The minimum absolute atomic E-state index is 0.0208. The van der Waals surface area contributed by atoms with E-state index in [0.29, 0.717) is 67.7 Å². The molecule has 0 bridgehead atoms. The van der Waals surface area contributed by atoms with Gasteiger partial charge in [-0.1, -0.05) is 32.0 Å². The van der Waals surface area contributed by atoms with Gasteiger partial charge in [-0.2, -0.15) is 0 Å². The number of aliphatic carboxylic acids is 1. The maximum atomic E-state index is 11.7. The fourth-order valence-corrected chi connectivity index (χ4v) is 5.60. The number of amides is 2. The second-order valence-corrected chi connectivity index (χ2v) is 12.1. The van der Waals surface area contributed by atoms with Gasteiger partial charge >= 0.3 is 17.9 Å². The molecule has 6 rings (SSSR count). The number of nitro benzene ring substituents is 1. The maximum absolute atomic E-state index is 11.7. The number of carboxylic acid groups (broad SMARTS) is 1. The Kier molecular flexibility index (Phi) is 13.5. The molecule has 3 N–H and O–H groups in total. The summed E-state index contributed by atoms with van der Waals surface area (Å²) in [7, 11) is 0. The molecule has 3 aromatic rings. The van der Waals surface area contributed by atoms with Crippen LogP contribution in [0, 0.1) is 10.1 Å². The number of hydrogen-bond acceptors (Lipinski definition) is 9. The minimum atomic E-state index is -0.889. The third-order valence-electron chi connectivity index (χ3n) is 8.32. The summed E-state index contributed by atoms with van der Waals surface area (Å²) in [5, 5.41) is 25.1. The lowest BCUT2D eigenvalue weighted by atomic mass is 10.1. The van der Waals surface area contributed by atoms with Crippen LogP contribution in [0.5, 0.6) is 0 Å². The summed E-state index contributed by atoms with van der Waals surface area (Å²) < 4.78 is 9.89. The van der Waals surface area contributed by atoms with Crippen molar-refractivity contribution in [3.63, 3.8) is 0 Å². The van der Waals surface area contributed by atoms with Gasteiger partial charge in [-0.15, -0.1) is 0 Å². The first-order valence-corrected chi connectivity index (χ1v) is 17.2. The molecule has 3 aliphatic carbocycles. The zero-order valence-electron chi connectivity index (χ0n) is 29.9. The van der Waals surface area contributed by atoms with Crippen LogP contribution >= 0.6 is 0 Å². The first-order valence-electron chi connectivity index (χ1n) is 17.2. The second-order valence-electron chi connectivity index (χ2n) is 12.1. The molecular formula is C40H41N3O10. The number of non-ortho nitro benzene ring substituents is 1. The molecule has 0 saturated carbocycles. The lowest BCUT2D eigenvalue weighted by molar-refractivity contribution is -0.384. The van der Waals surface area contributed by atoms with Crippen molar-refractivity contribution < 1.29 is 43.5 Å². The van der Waals surface area contributed by atoms with Crippen molar-refractivity contribution in [3.8, 4) is 0 Å². The van der Waals surface area contributed by atoms with Crippen molar-refractivity contribution in [2.24, 2.45) is 0 Å². The van der Waals surface area contributed by atoms with Crippen LogP contribution in [0.2, 0.25) is 0 Å². The highest BCUT2D eigenvalue weighted by Crippen LogP contribution is 2.30. The largest absolute Gasteiger partial charge is 0.478 e. The predicted octanol–water partition coefficient (Wildman–Crippen LogP) is 6.69. The summed E-state index contributed by atoms with van der Waals surface area (Å²) >= 11 is 0. The maximum Gasteiger partial charge on any atom is 0.334 e. The van der Waals surface area contributed by atoms with Crippen molar-refractivity contribution in [1.82, 2.24) is 0 Å². The van der Waals surface area contributed by atoms with Gasteiger partial charge in [0.05, 0.1) is 18.1 Å². The van der Waals surface area contributed by atoms with Crippen LogP contribution < -0.4 is 10.6 Å². The number of fused-ring (bicyclic) bond motifs is 3. The number of nitro groups is 1. The SMILES string of the molecule is CCC(=O)Nc1ccc2c(c1)C=C(C(=O)O)C2.CCOC(=O)C1=Cc2cc(NC(=O)CC)ccc2C1.CCOC(=O)C1=Cc2cc([N+](=O)[O-])ccc2C1. The summed E-state index contributed by atoms with van der Waals surface area (Å²) in [4.78, 5) is 66.7. The molecule has 53 heavy (non-hydrogen) atoms. The van der Waals surface area contributed by atoms with Gasteiger partial charge in [0.25, 0.3) is 5.69 Å². The number of rotatable bonds is 10. The zero-order valence-corrected chi connectivity index (χ0v) is 29.9. The Morgan fingerprint density at radius 1 is 0.642 bits per heavy atom. The number of esters is 2. The number of carboxylic acids is 1. The Morgan fingerprint density at radius 2 is 1.04 bits per heavy atom. The van der Waals surface area contributed by atoms with E-state index in [1.165, 1.54) is 12.1 Å². The Morgan fingerprint density at radius 3 is 1.43 bits per heavy atom. The fourth-order valence-electron chi connectivity index (χ4n) is 5.60. The smallest absolute Gasteiger partial charge is 0.334 e. The third-order valence-corrected chi connectivity index (χ3v) is 8.32. The molecule has 0 spiro atoms. The number of carbonyl (C=O) groups is 5. The second kappa shape index (κ2) is 18.2. The molecule has 2 amide bonds. The van der Waals surface area contributed by atoms with Gasteiger partial charge in [0, 0.05) is 72.3 Å². The lowest BCUT2D eigenvalue weighted by Crippen LogP contribution is -2.09. The van der Waals surface area contributed by atoms with Crippen LogP contribution in [0.15, 0.2) is 71.3 Å². The van der Waals surface area contributed by atoms with E-state index in [1.807, 2.05) is 37.3 Å². The number of benzene rings is 3. The molecule has 0 aromatic heterocycles. The molecule has 3 aliphatic rings. The first kappa shape index (κ1) is 39.4. The van der Waals surface area contributed by atoms with Gasteiger partial charge in [0.2, 0.25) is 11.8 Å². The molecule has 3 aromatic carbocycles. The molecule has 0 radical (unpaired) electrons. The predicted molar refractivity (Wildman–Crippen MR) is 200 cm³/mol. The number of hydrogen-bond donors (Lipinski definition) is 3. The monoisotopic (exact) mass is 723 g/mol. The van der Waals surface area contributed by atoms with Crippen LogP contribution in [0.25, 0.3) is 18.2 Å². The first-order chi connectivity index (χ1) is 25.3. The van der Waals surface area contributed by atoms with Gasteiger partial charge in [-0.05, 0) is 89.7 Å². The number of carbonyl (C=O) groups excluding carboxylic acids is 4. The number of nitrogens with one attached hydrogen (secondary N) is 2. The molecule has 276 valence electrons. The zero-order chi connectivity index (χ0) is 38.7. The topological polar surface area (TPSA) is 191 Å². The van der Waals surface area contributed by atoms with Gasteiger partial charge in [0.15, 0.2) is 0 Å². The van der Waals surface area contributed by atoms with Crippen LogP contribution in [0.1, 0.15) is 73.9 Å². The summed E-state index contributed by atoms with van der Waals surface area (Å²) in [5.41, 5.74) is 8.64.